The van der Waals surface area contributed by atoms with Crippen LogP contribution in [0.4, 0.5) is 11.8 Å². The lowest BCUT2D eigenvalue weighted by molar-refractivity contribution is 0.617. The predicted molar refractivity (Wildman–Crippen MR) is 81.2 cm³/mol. The molecule has 0 fully saturated rings. The van der Waals surface area contributed by atoms with Crippen molar-refractivity contribution in [2.75, 3.05) is 17.2 Å². The summed E-state index contributed by atoms with van der Waals surface area (Å²) in [5.41, 5.74) is 1.47. The normalized spacial score (nSPS) is 12.5. The highest BCUT2D eigenvalue weighted by Gasteiger charge is 2.12. The maximum Gasteiger partial charge on any atom is 0.226 e. The van der Waals surface area contributed by atoms with Gasteiger partial charge in [-0.15, -0.1) is 0 Å². The van der Waals surface area contributed by atoms with Crippen LogP contribution in [-0.2, 0) is 6.54 Å². The zero-order valence-corrected chi connectivity index (χ0v) is 12.0. The standard InChI is InChI=1S/C13H18N8/c1-3-15-13-19-11-10(16-7-17-11)12(20-13)18-9(2)6-21-5-4-14-8-21/h4-5,7-9H,3,6H2,1-2H3,(H3,15,16,17,18,19,20). The quantitative estimate of drug-likeness (QED) is 0.635. The molecule has 3 rings (SSSR count). The highest BCUT2D eigenvalue weighted by molar-refractivity contribution is 5.83. The molecule has 8 nitrogen and oxygen atoms in total. The van der Waals surface area contributed by atoms with Gasteiger partial charge in [0.1, 0.15) is 5.52 Å². The van der Waals surface area contributed by atoms with Crippen LogP contribution in [0.1, 0.15) is 13.8 Å². The van der Waals surface area contributed by atoms with Crippen molar-refractivity contribution in [3.63, 3.8) is 0 Å². The van der Waals surface area contributed by atoms with Crippen molar-refractivity contribution in [3.05, 3.63) is 25.0 Å². The molecule has 21 heavy (non-hydrogen) atoms. The number of hydrogen-bond donors (Lipinski definition) is 3. The van der Waals surface area contributed by atoms with Crippen LogP contribution in [0.5, 0.6) is 0 Å². The summed E-state index contributed by atoms with van der Waals surface area (Å²) in [6, 6.07) is 0.190. The Bertz CT molecular complexity index is 702. The molecule has 1 unspecified atom stereocenters. The van der Waals surface area contributed by atoms with E-state index in [0.29, 0.717) is 11.6 Å². The molecular weight excluding hydrogens is 268 g/mol. The Morgan fingerprint density at radius 3 is 3.05 bits per heavy atom. The third-order valence-electron chi connectivity index (χ3n) is 3.05. The second-order valence-electron chi connectivity index (χ2n) is 4.83. The first-order valence-electron chi connectivity index (χ1n) is 6.93. The highest BCUT2D eigenvalue weighted by Crippen LogP contribution is 2.19. The van der Waals surface area contributed by atoms with E-state index < -0.39 is 0 Å². The van der Waals surface area contributed by atoms with Crippen molar-refractivity contribution in [1.82, 2.24) is 29.5 Å². The highest BCUT2D eigenvalue weighted by atomic mass is 15.2. The number of aromatic nitrogens is 6. The van der Waals surface area contributed by atoms with Gasteiger partial charge in [-0.3, -0.25) is 0 Å². The molecule has 0 radical (unpaired) electrons. The molecule has 3 heterocycles. The van der Waals surface area contributed by atoms with Gasteiger partial charge in [0.05, 0.1) is 12.7 Å². The van der Waals surface area contributed by atoms with E-state index in [9.17, 15) is 0 Å². The van der Waals surface area contributed by atoms with Crippen LogP contribution in [0.25, 0.3) is 11.2 Å². The number of fused-ring (bicyclic) bond motifs is 1. The van der Waals surface area contributed by atoms with Crippen LogP contribution >= 0.6 is 0 Å². The largest absolute Gasteiger partial charge is 0.364 e. The Morgan fingerprint density at radius 2 is 2.29 bits per heavy atom. The van der Waals surface area contributed by atoms with Gasteiger partial charge >= 0.3 is 0 Å². The number of H-pyrrole nitrogens is 1. The minimum atomic E-state index is 0.190. The summed E-state index contributed by atoms with van der Waals surface area (Å²) in [7, 11) is 0. The lowest BCUT2D eigenvalue weighted by Crippen LogP contribution is -2.22. The Labute approximate surface area is 122 Å². The van der Waals surface area contributed by atoms with E-state index in [0.717, 1.165) is 24.4 Å². The molecule has 0 aliphatic heterocycles. The number of anilines is 2. The summed E-state index contributed by atoms with van der Waals surface area (Å²) in [5.74, 6) is 1.33. The fraction of sp³-hybridized carbons (Fsp3) is 0.385. The molecule has 3 N–H and O–H groups in total. The molecule has 0 bridgehead atoms. The second kappa shape index (κ2) is 5.78. The van der Waals surface area contributed by atoms with Crippen molar-refractivity contribution in [3.8, 4) is 0 Å². The Balaban J connectivity index is 1.83. The molecule has 8 heteroatoms. The SMILES string of the molecule is CCNc1nc(NC(C)Cn2ccnc2)c2[nH]cnc2n1. The van der Waals surface area contributed by atoms with Gasteiger partial charge in [-0.1, -0.05) is 0 Å². The number of rotatable bonds is 6. The van der Waals surface area contributed by atoms with E-state index in [2.05, 4.69) is 42.5 Å². The van der Waals surface area contributed by atoms with Gasteiger partial charge in [-0.2, -0.15) is 9.97 Å². The molecule has 0 aliphatic carbocycles. The molecule has 110 valence electrons. The molecule has 0 aliphatic rings. The fourth-order valence-electron chi connectivity index (χ4n) is 2.16. The van der Waals surface area contributed by atoms with Gasteiger partial charge in [-0.25, -0.2) is 9.97 Å². The summed E-state index contributed by atoms with van der Waals surface area (Å²) in [5, 5.41) is 6.51. The van der Waals surface area contributed by atoms with E-state index >= 15 is 0 Å². The molecular formula is C13H18N8. The number of nitrogens with one attached hydrogen (secondary N) is 3. The first-order valence-corrected chi connectivity index (χ1v) is 6.93. The Hall–Kier alpha value is -2.64. The van der Waals surface area contributed by atoms with Gasteiger partial charge in [0.2, 0.25) is 5.95 Å². The first-order chi connectivity index (χ1) is 10.3. The summed E-state index contributed by atoms with van der Waals surface area (Å²) < 4.78 is 2.02. The number of aromatic amines is 1. The predicted octanol–water partition coefficient (Wildman–Crippen LogP) is 1.48. The van der Waals surface area contributed by atoms with Crippen molar-refractivity contribution < 1.29 is 0 Å². The summed E-state index contributed by atoms with van der Waals surface area (Å²) in [4.78, 5) is 20.2. The minimum absolute atomic E-state index is 0.190. The minimum Gasteiger partial charge on any atom is -0.364 e. The molecule has 0 saturated heterocycles. The van der Waals surface area contributed by atoms with Crippen molar-refractivity contribution in [1.29, 1.82) is 0 Å². The van der Waals surface area contributed by atoms with Gasteiger partial charge in [0, 0.05) is 31.5 Å². The van der Waals surface area contributed by atoms with Gasteiger partial charge in [-0.05, 0) is 13.8 Å². The van der Waals surface area contributed by atoms with Crippen LogP contribution in [0.15, 0.2) is 25.0 Å². The van der Waals surface area contributed by atoms with Gasteiger partial charge in [0.25, 0.3) is 0 Å². The van der Waals surface area contributed by atoms with Crippen molar-refractivity contribution in [2.24, 2.45) is 0 Å². The summed E-state index contributed by atoms with van der Waals surface area (Å²) in [6.45, 7) is 5.67. The Kier molecular flexibility index (Phi) is 3.67. The third kappa shape index (κ3) is 2.93. The lowest BCUT2D eigenvalue weighted by Gasteiger charge is -2.16. The van der Waals surface area contributed by atoms with Crippen LogP contribution in [-0.4, -0.2) is 42.1 Å². The van der Waals surface area contributed by atoms with E-state index in [1.165, 1.54) is 0 Å². The molecule has 3 aromatic rings. The maximum absolute atomic E-state index is 4.50. The molecule has 3 aromatic heterocycles. The zero-order valence-electron chi connectivity index (χ0n) is 12.0. The number of hydrogen-bond acceptors (Lipinski definition) is 6. The van der Waals surface area contributed by atoms with Crippen LogP contribution in [0.2, 0.25) is 0 Å². The van der Waals surface area contributed by atoms with Gasteiger partial charge < -0.3 is 20.2 Å². The average molecular weight is 286 g/mol. The monoisotopic (exact) mass is 286 g/mol. The molecule has 0 saturated carbocycles. The van der Waals surface area contributed by atoms with E-state index in [4.69, 9.17) is 0 Å². The molecule has 0 spiro atoms. The molecule has 1 atom stereocenters. The van der Waals surface area contributed by atoms with E-state index in [1.807, 2.05) is 17.7 Å². The second-order valence-corrected chi connectivity index (χ2v) is 4.83. The first kappa shape index (κ1) is 13.3. The zero-order chi connectivity index (χ0) is 14.7. The number of imidazole rings is 2. The van der Waals surface area contributed by atoms with Crippen LogP contribution < -0.4 is 10.6 Å². The fourth-order valence-corrected chi connectivity index (χ4v) is 2.16. The average Bonchev–Trinajstić information content (AvgIpc) is 3.09. The maximum atomic E-state index is 4.50. The van der Waals surface area contributed by atoms with Crippen LogP contribution in [0.3, 0.4) is 0 Å². The number of nitrogens with zero attached hydrogens (tertiary/aromatic N) is 5. The van der Waals surface area contributed by atoms with Crippen LogP contribution in [0, 0.1) is 0 Å². The summed E-state index contributed by atoms with van der Waals surface area (Å²) in [6.07, 6.45) is 7.14. The summed E-state index contributed by atoms with van der Waals surface area (Å²) >= 11 is 0. The molecule has 0 amide bonds. The Morgan fingerprint density at radius 1 is 1.38 bits per heavy atom. The van der Waals surface area contributed by atoms with E-state index in [1.54, 1.807) is 18.9 Å². The smallest absolute Gasteiger partial charge is 0.226 e. The molecule has 0 aromatic carbocycles. The van der Waals surface area contributed by atoms with Crippen molar-refractivity contribution >= 4 is 22.9 Å². The third-order valence-corrected chi connectivity index (χ3v) is 3.05. The topological polar surface area (TPSA) is 96.3 Å². The van der Waals surface area contributed by atoms with E-state index in [-0.39, 0.29) is 6.04 Å². The lowest BCUT2D eigenvalue weighted by atomic mass is 10.3. The van der Waals surface area contributed by atoms with Crippen molar-refractivity contribution in [2.45, 2.75) is 26.4 Å². The van der Waals surface area contributed by atoms with Gasteiger partial charge in [0.15, 0.2) is 11.5 Å².